The van der Waals surface area contributed by atoms with E-state index in [9.17, 15) is 4.79 Å². The Hall–Kier alpha value is -0.810. The van der Waals surface area contributed by atoms with Gasteiger partial charge < -0.3 is 15.7 Å². The lowest BCUT2D eigenvalue weighted by Gasteiger charge is -2.33. The number of piperazine rings is 1. The van der Waals surface area contributed by atoms with E-state index in [1.807, 2.05) is 0 Å². The Labute approximate surface area is 78.1 Å². The molecule has 1 fully saturated rings. The van der Waals surface area contributed by atoms with E-state index in [2.05, 4.69) is 4.90 Å². The zero-order valence-electron chi connectivity index (χ0n) is 7.78. The van der Waals surface area contributed by atoms with Gasteiger partial charge >= 0.3 is 6.03 Å². The zero-order chi connectivity index (χ0) is 9.68. The molecule has 1 heterocycles. The maximum absolute atomic E-state index is 10.8. The molecule has 0 radical (unpaired) electrons. The van der Waals surface area contributed by atoms with Crippen LogP contribution in [0.4, 0.5) is 4.79 Å². The summed E-state index contributed by atoms with van der Waals surface area (Å²) < 4.78 is 0. The summed E-state index contributed by atoms with van der Waals surface area (Å²) in [7, 11) is 0. The van der Waals surface area contributed by atoms with Gasteiger partial charge in [0.1, 0.15) is 0 Å². The molecule has 0 aromatic rings. The lowest BCUT2D eigenvalue weighted by Crippen LogP contribution is -2.50. The van der Waals surface area contributed by atoms with E-state index in [1.54, 1.807) is 4.90 Å². The molecule has 5 nitrogen and oxygen atoms in total. The minimum absolute atomic E-state index is 0.232. The van der Waals surface area contributed by atoms with E-state index in [4.69, 9.17) is 10.8 Å². The van der Waals surface area contributed by atoms with E-state index in [1.165, 1.54) is 0 Å². The number of carbonyl (C=O) groups is 1. The smallest absolute Gasteiger partial charge is 0.314 e. The number of aliphatic hydroxyl groups excluding tert-OH is 1. The molecule has 1 aliphatic heterocycles. The van der Waals surface area contributed by atoms with Gasteiger partial charge in [-0.15, -0.1) is 0 Å². The highest BCUT2D eigenvalue weighted by molar-refractivity contribution is 5.72. The van der Waals surface area contributed by atoms with Crippen molar-refractivity contribution < 1.29 is 9.90 Å². The van der Waals surface area contributed by atoms with Gasteiger partial charge in [-0.3, -0.25) is 4.90 Å². The van der Waals surface area contributed by atoms with Crippen molar-refractivity contribution in [1.29, 1.82) is 0 Å². The first kappa shape index (κ1) is 10.3. The predicted octanol–water partition coefficient (Wildman–Crippen LogP) is -0.935. The summed E-state index contributed by atoms with van der Waals surface area (Å²) in [6, 6.07) is -0.332. The molecular formula is C8H17N3O2. The van der Waals surface area contributed by atoms with Crippen LogP contribution in [0.15, 0.2) is 0 Å². The number of amides is 2. The Balaban J connectivity index is 2.18. The topological polar surface area (TPSA) is 69.8 Å². The van der Waals surface area contributed by atoms with E-state index in [0.29, 0.717) is 13.1 Å². The largest absolute Gasteiger partial charge is 0.396 e. The summed E-state index contributed by atoms with van der Waals surface area (Å²) in [4.78, 5) is 14.6. The molecule has 2 amide bonds. The molecule has 0 spiro atoms. The third-order valence-corrected chi connectivity index (χ3v) is 2.32. The van der Waals surface area contributed by atoms with Crippen LogP contribution in [0.3, 0.4) is 0 Å². The number of nitrogens with zero attached hydrogens (tertiary/aromatic N) is 2. The Morgan fingerprint density at radius 1 is 1.31 bits per heavy atom. The summed E-state index contributed by atoms with van der Waals surface area (Å²) in [6.45, 7) is 4.28. The van der Waals surface area contributed by atoms with Crippen molar-refractivity contribution in [3.8, 4) is 0 Å². The van der Waals surface area contributed by atoms with Crippen LogP contribution in [0, 0.1) is 0 Å². The highest BCUT2D eigenvalue weighted by Crippen LogP contribution is 2.01. The molecule has 76 valence electrons. The molecule has 0 aromatic heterocycles. The number of primary amides is 1. The van der Waals surface area contributed by atoms with Crippen LogP contribution >= 0.6 is 0 Å². The lowest BCUT2D eigenvalue weighted by atomic mass is 10.3. The summed E-state index contributed by atoms with van der Waals surface area (Å²) in [5.41, 5.74) is 5.14. The van der Waals surface area contributed by atoms with Gasteiger partial charge in [0.15, 0.2) is 0 Å². The van der Waals surface area contributed by atoms with Crippen LogP contribution in [0.5, 0.6) is 0 Å². The van der Waals surface area contributed by atoms with E-state index in [-0.39, 0.29) is 12.6 Å². The number of nitrogens with two attached hydrogens (primary N) is 1. The fraction of sp³-hybridized carbons (Fsp3) is 0.875. The molecule has 13 heavy (non-hydrogen) atoms. The normalized spacial score (nSPS) is 19.0. The van der Waals surface area contributed by atoms with Crippen molar-refractivity contribution in [2.24, 2.45) is 5.73 Å². The van der Waals surface area contributed by atoms with Crippen LogP contribution < -0.4 is 5.73 Å². The molecule has 0 aliphatic carbocycles. The third kappa shape index (κ3) is 3.20. The Morgan fingerprint density at radius 3 is 2.38 bits per heavy atom. The van der Waals surface area contributed by atoms with Crippen LogP contribution in [-0.2, 0) is 0 Å². The highest BCUT2D eigenvalue weighted by atomic mass is 16.3. The summed E-state index contributed by atoms with van der Waals surface area (Å²) >= 11 is 0. The van der Waals surface area contributed by atoms with E-state index in [0.717, 1.165) is 26.1 Å². The first-order valence-corrected chi connectivity index (χ1v) is 4.61. The second-order valence-corrected chi connectivity index (χ2v) is 3.24. The summed E-state index contributed by atoms with van der Waals surface area (Å²) in [5.74, 6) is 0. The summed E-state index contributed by atoms with van der Waals surface area (Å²) in [5, 5.41) is 8.63. The molecule has 5 heteroatoms. The van der Waals surface area contributed by atoms with Crippen molar-refractivity contribution in [2.45, 2.75) is 6.42 Å². The van der Waals surface area contributed by atoms with Crippen molar-refractivity contribution in [3.63, 3.8) is 0 Å². The molecule has 0 bridgehead atoms. The Morgan fingerprint density at radius 2 is 1.92 bits per heavy atom. The van der Waals surface area contributed by atoms with E-state index < -0.39 is 0 Å². The van der Waals surface area contributed by atoms with Crippen LogP contribution in [0.1, 0.15) is 6.42 Å². The van der Waals surface area contributed by atoms with Crippen LogP contribution in [0.2, 0.25) is 0 Å². The van der Waals surface area contributed by atoms with Gasteiger partial charge in [0.25, 0.3) is 0 Å². The van der Waals surface area contributed by atoms with Crippen LogP contribution in [-0.4, -0.2) is 60.3 Å². The minimum Gasteiger partial charge on any atom is -0.396 e. The lowest BCUT2D eigenvalue weighted by molar-refractivity contribution is 0.137. The van der Waals surface area contributed by atoms with Crippen molar-refractivity contribution >= 4 is 6.03 Å². The second kappa shape index (κ2) is 5.04. The maximum Gasteiger partial charge on any atom is 0.314 e. The SMILES string of the molecule is NC(=O)N1CCN(CCCO)CC1. The van der Waals surface area contributed by atoms with Gasteiger partial charge in [-0.25, -0.2) is 4.79 Å². The van der Waals surface area contributed by atoms with Gasteiger partial charge in [0.2, 0.25) is 0 Å². The average molecular weight is 187 g/mol. The van der Waals surface area contributed by atoms with Gasteiger partial charge in [-0.1, -0.05) is 0 Å². The highest BCUT2D eigenvalue weighted by Gasteiger charge is 2.17. The van der Waals surface area contributed by atoms with Gasteiger partial charge in [0.05, 0.1) is 0 Å². The molecule has 1 saturated heterocycles. The quantitative estimate of drug-likeness (QED) is 0.599. The molecule has 3 N–H and O–H groups in total. The molecule has 0 atom stereocenters. The molecule has 1 aliphatic rings. The molecule has 0 saturated carbocycles. The number of hydrogen-bond donors (Lipinski definition) is 2. The Kier molecular flexibility index (Phi) is 3.98. The first-order valence-electron chi connectivity index (χ1n) is 4.61. The van der Waals surface area contributed by atoms with Crippen molar-refractivity contribution in [1.82, 2.24) is 9.80 Å². The van der Waals surface area contributed by atoms with Crippen molar-refractivity contribution in [3.05, 3.63) is 0 Å². The van der Waals surface area contributed by atoms with Crippen LogP contribution in [0.25, 0.3) is 0 Å². The number of urea groups is 1. The first-order chi connectivity index (χ1) is 6.24. The monoisotopic (exact) mass is 187 g/mol. The fourth-order valence-electron chi connectivity index (χ4n) is 1.49. The predicted molar refractivity (Wildman–Crippen MR) is 49.3 cm³/mol. The second-order valence-electron chi connectivity index (χ2n) is 3.24. The number of rotatable bonds is 3. The molecule has 0 aromatic carbocycles. The maximum atomic E-state index is 10.8. The minimum atomic E-state index is -0.332. The number of carbonyl (C=O) groups excluding carboxylic acids is 1. The number of hydrogen-bond acceptors (Lipinski definition) is 3. The third-order valence-electron chi connectivity index (χ3n) is 2.32. The van der Waals surface area contributed by atoms with Gasteiger partial charge in [-0.05, 0) is 6.42 Å². The fourth-order valence-corrected chi connectivity index (χ4v) is 1.49. The standard InChI is InChI=1S/C8H17N3O2/c9-8(13)11-5-3-10(4-6-11)2-1-7-12/h12H,1-7H2,(H2,9,13). The number of aliphatic hydroxyl groups is 1. The van der Waals surface area contributed by atoms with Crippen molar-refractivity contribution in [2.75, 3.05) is 39.3 Å². The average Bonchev–Trinajstić information content (AvgIpc) is 2.15. The Bertz CT molecular complexity index is 167. The molecule has 1 rings (SSSR count). The van der Waals surface area contributed by atoms with Gasteiger partial charge in [0, 0.05) is 39.3 Å². The zero-order valence-corrected chi connectivity index (χ0v) is 7.78. The van der Waals surface area contributed by atoms with Gasteiger partial charge in [-0.2, -0.15) is 0 Å². The molecular weight excluding hydrogens is 170 g/mol. The molecule has 0 unspecified atom stereocenters. The van der Waals surface area contributed by atoms with E-state index >= 15 is 0 Å². The summed E-state index contributed by atoms with van der Waals surface area (Å²) in [6.07, 6.45) is 0.802.